The molecule has 138 valence electrons. The Bertz CT molecular complexity index is 975. The van der Waals surface area contributed by atoms with Crippen molar-refractivity contribution < 1.29 is 9.66 Å². The van der Waals surface area contributed by atoms with E-state index in [1.807, 2.05) is 37.3 Å². The van der Waals surface area contributed by atoms with E-state index in [0.717, 1.165) is 16.8 Å². The molecule has 0 atom stereocenters. The molecule has 0 saturated carbocycles. The number of para-hydroxylation sites is 2. The lowest BCUT2D eigenvalue weighted by molar-refractivity contribution is -0.385. The zero-order chi connectivity index (χ0) is 19.4. The average Bonchev–Trinajstić information content (AvgIpc) is 2.67. The van der Waals surface area contributed by atoms with Crippen LogP contribution in [0.5, 0.6) is 5.75 Å². The third-order valence-corrected chi connectivity index (χ3v) is 4.77. The van der Waals surface area contributed by atoms with Crippen LogP contribution in [0.4, 0.5) is 17.1 Å². The number of anilines is 2. The summed E-state index contributed by atoms with van der Waals surface area (Å²) in [5.41, 5.74) is 3.22. The Balaban J connectivity index is 1.70. The SMILES string of the molecule is Cc1ccc(Cl)c(Nc2ccc(COc3ccccc3[N+](=O)[O-])cc2)c1Cl. The van der Waals surface area contributed by atoms with Crippen LogP contribution < -0.4 is 10.1 Å². The first-order chi connectivity index (χ1) is 13.0. The van der Waals surface area contributed by atoms with Gasteiger partial charge in [-0.25, -0.2) is 0 Å². The lowest BCUT2D eigenvalue weighted by Gasteiger charge is -2.13. The first-order valence-corrected chi connectivity index (χ1v) is 8.88. The molecule has 0 aliphatic rings. The number of halogens is 2. The normalized spacial score (nSPS) is 10.5. The number of ether oxygens (including phenoxy) is 1. The number of benzene rings is 3. The van der Waals surface area contributed by atoms with Gasteiger partial charge in [-0.05, 0) is 42.3 Å². The Hall–Kier alpha value is -2.76. The van der Waals surface area contributed by atoms with Crippen molar-refractivity contribution in [2.75, 3.05) is 5.32 Å². The van der Waals surface area contributed by atoms with Crippen molar-refractivity contribution in [3.05, 3.63) is 92.0 Å². The van der Waals surface area contributed by atoms with Gasteiger partial charge in [0.2, 0.25) is 0 Å². The predicted molar refractivity (Wildman–Crippen MR) is 108 cm³/mol. The fourth-order valence-corrected chi connectivity index (χ4v) is 2.96. The van der Waals surface area contributed by atoms with Crippen molar-refractivity contribution in [1.29, 1.82) is 0 Å². The number of rotatable bonds is 6. The van der Waals surface area contributed by atoms with Crippen molar-refractivity contribution in [2.45, 2.75) is 13.5 Å². The van der Waals surface area contributed by atoms with E-state index in [9.17, 15) is 10.1 Å². The van der Waals surface area contributed by atoms with Crippen molar-refractivity contribution in [1.82, 2.24) is 0 Å². The lowest BCUT2D eigenvalue weighted by Crippen LogP contribution is -1.99. The summed E-state index contributed by atoms with van der Waals surface area (Å²) in [6, 6.07) is 17.4. The molecule has 0 unspecified atom stereocenters. The van der Waals surface area contributed by atoms with Gasteiger partial charge < -0.3 is 10.1 Å². The van der Waals surface area contributed by atoms with Gasteiger partial charge in [0.15, 0.2) is 5.75 Å². The second-order valence-electron chi connectivity index (χ2n) is 5.89. The molecule has 0 radical (unpaired) electrons. The van der Waals surface area contributed by atoms with Crippen LogP contribution in [0.2, 0.25) is 10.0 Å². The molecule has 0 aromatic heterocycles. The molecule has 0 aliphatic carbocycles. The second kappa shape index (κ2) is 8.29. The number of nitrogens with zero attached hydrogens (tertiary/aromatic N) is 1. The maximum atomic E-state index is 11.0. The van der Waals surface area contributed by atoms with E-state index in [1.54, 1.807) is 24.3 Å². The predicted octanol–water partition coefficient (Wildman–Crippen LogP) is 6.53. The Kier molecular flexibility index (Phi) is 5.84. The van der Waals surface area contributed by atoms with E-state index in [-0.39, 0.29) is 18.0 Å². The fourth-order valence-electron chi connectivity index (χ4n) is 2.49. The molecule has 1 N–H and O–H groups in total. The van der Waals surface area contributed by atoms with Crippen LogP contribution in [0, 0.1) is 17.0 Å². The maximum Gasteiger partial charge on any atom is 0.310 e. The Labute approximate surface area is 166 Å². The average molecular weight is 403 g/mol. The van der Waals surface area contributed by atoms with Crippen molar-refractivity contribution in [3.63, 3.8) is 0 Å². The molecule has 7 heteroatoms. The van der Waals surface area contributed by atoms with Crippen LogP contribution in [-0.4, -0.2) is 4.92 Å². The molecular formula is C20H16Cl2N2O3. The van der Waals surface area contributed by atoms with Crippen LogP contribution in [0.1, 0.15) is 11.1 Å². The third kappa shape index (κ3) is 4.51. The summed E-state index contributed by atoms with van der Waals surface area (Å²) in [7, 11) is 0. The molecule has 3 aromatic carbocycles. The minimum Gasteiger partial charge on any atom is -0.482 e. The van der Waals surface area contributed by atoms with Gasteiger partial charge in [-0.1, -0.05) is 53.5 Å². The smallest absolute Gasteiger partial charge is 0.310 e. The summed E-state index contributed by atoms with van der Waals surface area (Å²) in [6.45, 7) is 2.13. The molecule has 27 heavy (non-hydrogen) atoms. The summed E-state index contributed by atoms with van der Waals surface area (Å²) in [5, 5.41) is 15.4. The molecule has 0 bridgehead atoms. The van der Waals surface area contributed by atoms with Gasteiger partial charge in [-0.3, -0.25) is 10.1 Å². The first kappa shape index (κ1) is 19.0. The van der Waals surface area contributed by atoms with E-state index in [1.165, 1.54) is 6.07 Å². The van der Waals surface area contributed by atoms with E-state index in [0.29, 0.717) is 15.7 Å². The fraction of sp³-hybridized carbons (Fsp3) is 0.100. The van der Waals surface area contributed by atoms with Gasteiger partial charge in [-0.15, -0.1) is 0 Å². The van der Waals surface area contributed by atoms with E-state index in [4.69, 9.17) is 27.9 Å². The largest absolute Gasteiger partial charge is 0.482 e. The van der Waals surface area contributed by atoms with Gasteiger partial charge in [-0.2, -0.15) is 0 Å². The molecule has 0 aliphatic heterocycles. The molecule has 0 fully saturated rings. The van der Waals surface area contributed by atoms with E-state index in [2.05, 4.69) is 5.32 Å². The van der Waals surface area contributed by atoms with Crippen LogP contribution in [0.25, 0.3) is 0 Å². The monoisotopic (exact) mass is 402 g/mol. The first-order valence-electron chi connectivity index (χ1n) is 8.12. The van der Waals surface area contributed by atoms with Crippen molar-refractivity contribution >= 4 is 40.3 Å². The number of hydrogen-bond acceptors (Lipinski definition) is 4. The highest BCUT2D eigenvalue weighted by atomic mass is 35.5. The van der Waals surface area contributed by atoms with Gasteiger partial charge in [0, 0.05) is 11.8 Å². The highest BCUT2D eigenvalue weighted by molar-refractivity contribution is 6.39. The van der Waals surface area contributed by atoms with Gasteiger partial charge in [0.1, 0.15) is 6.61 Å². The Morgan fingerprint density at radius 2 is 1.74 bits per heavy atom. The highest BCUT2D eigenvalue weighted by Gasteiger charge is 2.13. The number of aryl methyl sites for hydroxylation is 1. The minimum atomic E-state index is -0.461. The van der Waals surface area contributed by atoms with Crippen LogP contribution in [0.15, 0.2) is 60.7 Å². The molecule has 0 heterocycles. The van der Waals surface area contributed by atoms with Gasteiger partial charge in [0.05, 0.1) is 20.7 Å². The lowest BCUT2D eigenvalue weighted by atomic mass is 10.2. The summed E-state index contributed by atoms with van der Waals surface area (Å²) in [4.78, 5) is 10.6. The number of nitrogens with one attached hydrogen (secondary N) is 1. The number of nitro benzene ring substituents is 1. The maximum absolute atomic E-state index is 11.0. The highest BCUT2D eigenvalue weighted by Crippen LogP contribution is 2.35. The number of nitro groups is 1. The molecule has 0 spiro atoms. The topological polar surface area (TPSA) is 64.4 Å². The summed E-state index contributed by atoms with van der Waals surface area (Å²) in [5.74, 6) is 0.239. The summed E-state index contributed by atoms with van der Waals surface area (Å²) in [6.07, 6.45) is 0. The van der Waals surface area contributed by atoms with Crippen molar-refractivity contribution in [3.8, 4) is 5.75 Å². The molecule has 5 nitrogen and oxygen atoms in total. The second-order valence-corrected chi connectivity index (χ2v) is 6.67. The zero-order valence-electron chi connectivity index (χ0n) is 14.4. The number of hydrogen-bond donors (Lipinski definition) is 1. The molecule has 0 amide bonds. The Morgan fingerprint density at radius 1 is 1.04 bits per heavy atom. The molecular weight excluding hydrogens is 387 g/mol. The summed E-state index contributed by atoms with van der Waals surface area (Å²) < 4.78 is 5.59. The Morgan fingerprint density at radius 3 is 2.44 bits per heavy atom. The molecule has 3 rings (SSSR count). The van der Waals surface area contributed by atoms with Gasteiger partial charge >= 0.3 is 5.69 Å². The minimum absolute atomic E-state index is 0.0560. The standard InChI is InChI=1S/C20H16Cl2N2O3/c1-13-6-11-16(21)20(19(13)22)23-15-9-7-14(8-10-15)12-27-18-5-3-2-4-17(18)24(25)26/h2-11,23H,12H2,1H3. The van der Waals surface area contributed by atoms with Crippen LogP contribution in [0.3, 0.4) is 0 Å². The van der Waals surface area contributed by atoms with E-state index >= 15 is 0 Å². The molecule has 0 saturated heterocycles. The van der Waals surface area contributed by atoms with Crippen LogP contribution in [-0.2, 0) is 6.61 Å². The van der Waals surface area contributed by atoms with Gasteiger partial charge in [0.25, 0.3) is 0 Å². The zero-order valence-corrected chi connectivity index (χ0v) is 15.9. The van der Waals surface area contributed by atoms with E-state index < -0.39 is 4.92 Å². The van der Waals surface area contributed by atoms with Crippen LogP contribution >= 0.6 is 23.2 Å². The van der Waals surface area contributed by atoms with Crippen molar-refractivity contribution in [2.24, 2.45) is 0 Å². The molecule has 3 aromatic rings. The summed E-state index contributed by atoms with van der Waals surface area (Å²) >= 11 is 12.5. The quantitative estimate of drug-likeness (QED) is 0.375. The third-order valence-electron chi connectivity index (χ3n) is 3.96.